The van der Waals surface area contributed by atoms with Gasteiger partial charge in [0.25, 0.3) is 0 Å². The zero-order valence-electron chi connectivity index (χ0n) is 15.6. The van der Waals surface area contributed by atoms with Crippen LogP contribution in [0.15, 0.2) is 46.9 Å². The number of aliphatic carboxylic acids is 1. The summed E-state index contributed by atoms with van der Waals surface area (Å²) in [6.45, 7) is 0.988. The molecule has 2 aromatic carbocycles. The van der Waals surface area contributed by atoms with E-state index in [-0.39, 0.29) is 18.2 Å². The van der Waals surface area contributed by atoms with Crippen LogP contribution in [0.3, 0.4) is 0 Å². The summed E-state index contributed by atoms with van der Waals surface area (Å²) in [5, 5.41) is 12.5. The molecular formula is C22H24BrNO4. The van der Waals surface area contributed by atoms with Crippen molar-refractivity contribution in [3.63, 3.8) is 0 Å². The third-order valence-electron chi connectivity index (χ3n) is 5.49. The Labute approximate surface area is 173 Å². The van der Waals surface area contributed by atoms with Crippen LogP contribution < -0.4 is 5.32 Å². The molecule has 1 aliphatic heterocycles. The van der Waals surface area contributed by atoms with E-state index >= 15 is 0 Å². The first-order valence-electron chi connectivity index (χ1n) is 9.66. The van der Waals surface area contributed by atoms with Gasteiger partial charge in [0.05, 0.1) is 18.6 Å². The van der Waals surface area contributed by atoms with Gasteiger partial charge in [0.1, 0.15) is 6.23 Å². The maximum Gasteiger partial charge on any atom is 0.306 e. The maximum atomic E-state index is 11.2. The lowest BCUT2D eigenvalue weighted by Gasteiger charge is -2.28. The highest BCUT2D eigenvalue weighted by molar-refractivity contribution is 9.10. The molecule has 0 spiro atoms. The van der Waals surface area contributed by atoms with Crippen molar-refractivity contribution < 1.29 is 19.4 Å². The fraction of sp³-hybridized carbons (Fsp3) is 0.409. The van der Waals surface area contributed by atoms with Crippen molar-refractivity contribution in [2.75, 3.05) is 11.9 Å². The zero-order valence-corrected chi connectivity index (χ0v) is 17.2. The number of hydrogen-bond acceptors (Lipinski definition) is 4. The summed E-state index contributed by atoms with van der Waals surface area (Å²) >= 11 is 3.61. The Morgan fingerprint density at radius 3 is 2.68 bits per heavy atom. The molecule has 1 saturated heterocycles. The minimum absolute atomic E-state index is 0.207. The van der Waals surface area contributed by atoms with Crippen molar-refractivity contribution in [2.45, 2.75) is 44.6 Å². The monoisotopic (exact) mass is 445 g/mol. The first kappa shape index (κ1) is 19.4. The Morgan fingerprint density at radius 1 is 1.21 bits per heavy atom. The molecule has 1 aliphatic carbocycles. The van der Waals surface area contributed by atoms with Gasteiger partial charge in [-0.1, -0.05) is 40.2 Å². The van der Waals surface area contributed by atoms with Gasteiger partial charge in [0, 0.05) is 23.2 Å². The van der Waals surface area contributed by atoms with Crippen molar-refractivity contribution in [3.8, 4) is 0 Å². The van der Waals surface area contributed by atoms with E-state index in [0.29, 0.717) is 26.1 Å². The van der Waals surface area contributed by atoms with Crippen LogP contribution in [-0.2, 0) is 33.7 Å². The topological polar surface area (TPSA) is 67.8 Å². The van der Waals surface area contributed by atoms with Crippen LogP contribution in [0.4, 0.5) is 5.69 Å². The van der Waals surface area contributed by atoms with Gasteiger partial charge in [-0.15, -0.1) is 0 Å². The van der Waals surface area contributed by atoms with Crippen molar-refractivity contribution in [1.29, 1.82) is 0 Å². The number of carboxylic acid groups (broad SMARTS) is 1. The van der Waals surface area contributed by atoms with Crippen LogP contribution >= 0.6 is 15.9 Å². The second kappa shape index (κ2) is 8.64. The highest BCUT2D eigenvalue weighted by Crippen LogP contribution is 2.28. The Hall–Kier alpha value is -1.89. The Bertz CT molecular complexity index is 831. The number of nitrogens with one attached hydrogen (secondary N) is 1. The van der Waals surface area contributed by atoms with Crippen LogP contribution in [-0.4, -0.2) is 30.0 Å². The molecule has 0 aromatic heterocycles. The molecule has 0 bridgehead atoms. The van der Waals surface area contributed by atoms with Gasteiger partial charge in [0.2, 0.25) is 0 Å². The number of fused-ring (bicyclic) bond motifs is 1. The van der Waals surface area contributed by atoms with Crippen LogP contribution in [0, 0.1) is 5.92 Å². The zero-order chi connectivity index (χ0) is 19.5. The standard InChI is InChI=1S/C22H24BrNO4/c23-20-6-5-18(24-21-12-16(22(25)26)7-8-27-21)9-17(20)13-28-19-10-14-3-1-2-4-15(14)11-19/h1-6,9,16,19,21,24H,7-8,10-13H2,(H,25,26). The highest BCUT2D eigenvalue weighted by Gasteiger charge is 2.27. The number of rotatable bonds is 6. The molecule has 0 radical (unpaired) electrons. The SMILES string of the molecule is O=C(O)C1CCOC(Nc2ccc(Br)c(COC3Cc4ccccc4C3)c2)C1. The maximum absolute atomic E-state index is 11.2. The number of hydrogen-bond donors (Lipinski definition) is 2. The third-order valence-corrected chi connectivity index (χ3v) is 6.27. The minimum Gasteiger partial charge on any atom is -0.481 e. The number of carbonyl (C=O) groups is 1. The molecule has 4 rings (SSSR count). The van der Waals surface area contributed by atoms with E-state index < -0.39 is 5.97 Å². The summed E-state index contributed by atoms with van der Waals surface area (Å²) < 4.78 is 12.9. The normalized spacial score (nSPS) is 22.0. The third kappa shape index (κ3) is 4.57. The van der Waals surface area contributed by atoms with E-state index in [0.717, 1.165) is 28.6 Å². The average molecular weight is 446 g/mol. The second-order valence-electron chi connectivity index (χ2n) is 7.48. The molecule has 2 N–H and O–H groups in total. The average Bonchev–Trinajstić information content (AvgIpc) is 3.11. The van der Waals surface area contributed by atoms with E-state index in [1.807, 2.05) is 18.2 Å². The van der Waals surface area contributed by atoms with Crippen LogP contribution in [0.25, 0.3) is 0 Å². The Morgan fingerprint density at radius 2 is 1.96 bits per heavy atom. The summed E-state index contributed by atoms with van der Waals surface area (Å²) in [5.41, 5.74) is 4.73. The Kier molecular flexibility index (Phi) is 5.99. The smallest absolute Gasteiger partial charge is 0.306 e. The first-order chi connectivity index (χ1) is 13.6. The number of anilines is 1. The molecule has 1 heterocycles. The minimum atomic E-state index is -0.752. The van der Waals surface area contributed by atoms with E-state index in [2.05, 4.69) is 45.5 Å². The van der Waals surface area contributed by atoms with Crippen molar-refractivity contribution in [2.24, 2.45) is 5.92 Å². The molecule has 148 valence electrons. The molecule has 1 fully saturated rings. The molecule has 6 heteroatoms. The van der Waals surface area contributed by atoms with Gasteiger partial charge in [-0.25, -0.2) is 0 Å². The van der Waals surface area contributed by atoms with E-state index in [9.17, 15) is 9.90 Å². The summed E-state index contributed by atoms with van der Waals surface area (Å²) in [6.07, 6.45) is 2.87. The first-order valence-corrected chi connectivity index (χ1v) is 10.5. The van der Waals surface area contributed by atoms with Crippen molar-refractivity contribution in [1.82, 2.24) is 0 Å². The lowest BCUT2D eigenvalue weighted by molar-refractivity contribution is -0.146. The van der Waals surface area contributed by atoms with Crippen molar-refractivity contribution in [3.05, 3.63) is 63.6 Å². The largest absolute Gasteiger partial charge is 0.481 e. The molecule has 2 unspecified atom stereocenters. The Balaban J connectivity index is 1.36. The van der Waals surface area contributed by atoms with Crippen LogP contribution in [0.2, 0.25) is 0 Å². The van der Waals surface area contributed by atoms with Gasteiger partial charge in [-0.2, -0.15) is 0 Å². The van der Waals surface area contributed by atoms with Crippen LogP contribution in [0.5, 0.6) is 0 Å². The fourth-order valence-corrected chi connectivity index (χ4v) is 4.29. The molecule has 5 nitrogen and oxygen atoms in total. The summed E-state index contributed by atoms with van der Waals surface area (Å²) in [4.78, 5) is 11.2. The number of benzene rings is 2. The predicted molar refractivity (Wildman–Crippen MR) is 110 cm³/mol. The van der Waals surface area contributed by atoms with Crippen LogP contribution in [0.1, 0.15) is 29.5 Å². The fourth-order valence-electron chi connectivity index (χ4n) is 3.93. The summed E-state index contributed by atoms with van der Waals surface area (Å²) in [6, 6.07) is 14.5. The molecule has 0 amide bonds. The van der Waals surface area contributed by atoms with Gasteiger partial charge in [0.15, 0.2) is 0 Å². The van der Waals surface area contributed by atoms with Gasteiger partial charge in [-0.3, -0.25) is 4.79 Å². The number of halogens is 1. The number of carboxylic acids is 1. The molecule has 2 atom stereocenters. The van der Waals surface area contributed by atoms with Gasteiger partial charge < -0.3 is 19.9 Å². The lowest BCUT2D eigenvalue weighted by atomic mass is 9.99. The number of ether oxygens (including phenoxy) is 2. The summed E-state index contributed by atoms with van der Waals surface area (Å²) in [7, 11) is 0. The van der Waals surface area contributed by atoms with E-state index in [1.54, 1.807) is 0 Å². The molecule has 0 saturated carbocycles. The molecule has 2 aliphatic rings. The molecule has 28 heavy (non-hydrogen) atoms. The predicted octanol–water partition coefficient (Wildman–Crippen LogP) is 4.38. The quantitative estimate of drug-likeness (QED) is 0.690. The van der Waals surface area contributed by atoms with E-state index in [4.69, 9.17) is 9.47 Å². The van der Waals surface area contributed by atoms with E-state index in [1.165, 1.54) is 11.1 Å². The van der Waals surface area contributed by atoms with Gasteiger partial charge >= 0.3 is 5.97 Å². The molecule has 2 aromatic rings. The molecular weight excluding hydrogens is 422 g/mol. The lowest BCUT2D eigenvalue weighted by Crippen LogP contribution is -2.35. The summed E-state index contributed by atoms with van der Waals surface area (Å²) in [5.74, 6) is -1.11. The van der Waals surface area contributed by atoms with Gasteiger partial charge in [-0.05, 0) is 54.2 Å². The van der Waals surface area contributed by atoms with Crippen molar-refractivity contribution >= 4 is 27.6 Å². The highest BCUT2D eigenvalue weighted by atomic mass is 79.9. The second-order valence-corrected chi connectivity index (χ2v) is 8.33.